The van der Waals surface area contributed by atoms with Crippen molar-refractivity contribution in [1.82, 2.24) is 19.8 Å². The molecule has 0 N–H and O–H groups in total. The van der Waals surface area contributed by atoms with Gasteiger partial charge in [-0.15, -0.1) is 0 Å². The van der Waals surface area contributed by atoms with Crippen molar-refractivity contribution in [3.05, 3.63) is 82.1 Å². The predicted molar refractivity (Wildman–Crippen MR) is 187 cm³/mol. The van der Waals surface area contributed by atoms with E-state index in [9.17, 15) is 10.1 Å². The summed E-state index contributed by atoms with van der Waals surface area (Å²) in [6.07, 6.45) is 5.94. The van der Waals surface area contributed by atoms with E-state index < -0.39 is 5.60 Å². The second-order valence-corrected chi connectivity index (χ2v) is 15.7. The fourth-order valence-electron chi connectivity index (χ4n) is 7.23. The van der Waals surface area contributed by atoms with Crippen molar-refractivity contribution in [2.45, 2.75) is 84.0 Å². The quantitative estimate of drug-likeness (QED) is 0.260. The van der Waals surface area contributed by atoms with E-state index in [2.05, 4.69) is 46.8 Å². The average molecular weight is 671 g/mol. The lowest BCUT2D eigenvalue weighted by Crippen LogP contribution is -2.64. The summed E-state index contributed by atoms with van der Waals surface area (Å²) in [6.45, 7) is 16.1. The smallest absolute Gasteiger partial charge is 0.410 e. The van der Waals surface area contributed by atoms with Crippen LogP contribution in [0.1, 0.15) is 82.7 Å². The molecule has 10 heteroatoms. The molecule has 9 nitrogen and oxygen atoms in total. The number of amides is 1. The second-order valence-electron chi connectivity index (χ2n) is 15.2. The summed E-state index contributed by atoms with van der Waals surface area (Å²) in [5, 5.41) is 9.94. The van der Waals surface area contributed by atoms with Gasteiger partial charge in [-0.3, -0.25) is 4.90 Å². The lowest BCUT2D eigenvalue weighted by molar-refractivity contribution is -0.0625. The number of aromatic nitrogens is 2. The highest BCUT2D eigenvalue weighted by Crippen LogP contribution is 2.43. The molecule has 3 saturated heterocycles. The average Bonchev–Trinajstić information content (AvgIpc) is 3.05. The van der Waals surface area contributed by atoms with E-state index in [0.29, 0.717) is 28.6 Å². The van der Waals surface area contributed by atoms with Crippen molar-refractivity contribution in [2.75, 3.05) is 44.2 Å². The Kier molecular flexibility index (Phi) is 9.61. The Labute approximate surface area is 289 Å². The Hall–Kier alpha value is -3.87. The number of likely N-dealkylation sites (tertiary alicyclic amines) is 2. The number of nitriles is 1. The first-order valence-electron chi connectivity index (χ1n) is 17.1. The van der Waals surface area contributed by atoms with E-state index >= 15 is 0 Å². The number of carbonyl (C=O) groups is 1. The van der Waals surface area contributed by atoms with Crippen LogP contribution in [0.5, 0.6) is 5.75 Å². The molecule has 3 fully saturated rings. The molecule has 0 unspecified atom stereocenters. The van der Waals surface area contributed by atoms with Crippen LogP contribution in [0.4, 0.5) is 10.7 Å². The number of nitrogens with zero attached hydrogens (tertiary/aromatic N) is 6. The van der Waals surface area contributed by atoms with Crippen LogP contribution in [-0.2, 0) is 16.8 Å². The fourth-order valence-corrected chi connectivity index (χ4v) is 7.47. The van der Waals surface area contributed by atoms with Crippen LogP contribution in [0.15, 0.2) is 54.7 Å². The molecule has 6 rings (SSSR count). The zero-order chi connectivity index (χ0) is 34.1. The molecule has 3 aromatic rings. The minimum absolute atomic E-state index is 0.188. The molecule has 0 bridgehead atoms. The highest BCUT2D eigenvalue weighted by atomic mass is 35.5. The van der Waals surface area contributed by atoms with Gasteiger partial charge in [-0.2, -0.15) is 5.26 Å². The molecule has 1 aromatic heterocycles. The molecule has 2 aromatic carbocycles. The first kappa shape index (κ1) is 34.0. The minimum Gasteiger partial charge on any atom is -0.487 e. The summed E-state index contributed by atoms with van der Waals surface area (Å²) >= 11 is 6.29. The maximum atomic E-state index is 12.5. The van der Waals surface area contributed by atoms with Gasteiger partial charge in [0.2, 0.25) is 5.95 Å². The number of hydrogen-bond donors (Lipinski definition) is 0. The second kappa shape index (κ2) is 13.6. The molecule has 3 aliphatic heterocycles. The first-order chi connectivity index (χ1) is 22.8. The van der Waals surface area contributed by atoms with Gasteiger partial charge in [0.1, 0.15) is 18.0 Å². The SMILES string of the molecule is CC(C)(C)OC(=O)N1CCC(N2CC3(CCN(c4nccc(COc5ccc(C(C)(C)c6cc(Cl)cc(C#N)c6)cc5)n4)CC3)C2)CC1. The standard InChI is InChI=1S/C38H47ClN6O3/c1-36(2,3)48-35(46)44-16-11-32(12-17-44)45-25-38(26-45)13-18-43(19-14-38)34-41-15-10-31(42-34)24-47-33-8-6-28(7-9-33)37(4,5)29-20-27(23-40)21-30(39)22-29/h6-10,15,20-22,32H,11-14,16-19,24-26H2,1-5H3. The number of piperidine rings is 2. The predicted octanol–water partition coefficient (Wildman–Crippen LogP) is 7.21. The lowest BCUT2D eigenvalue weighted by atomic mass is 9.71. The van der Waals surface area contributed by atoms with Gasteiger partial charge in [-0.1, -0.05) is 37.6 Å². The largest absolute Gasteiger partial charge is 0.487 e. The van der Waals surface area contributed by atoms with Gasteiger partial charge >= 0.3 is 6.09 Å². The summed E-state index contributed by atoms with van der Waals surface area (Å²) in [7, 11) is 0. The summed E-state index contributed by atoms with van der Waals surface area (Å²) < 4.78 is 11.7. The van der Waals surface area contributed by atoms with E-state index in [0.717, 1.165) is 93.5 Å². The third-order valence-electron chi connectivity index (χ3n) is 10.2. The maximum absolute atomic E-state index is 12.5. The molecule has 1 amide bonds. The number of ether oxygens (including phenoxy) is 2. The normalized spacial score (nSPS) is 18.7. The van der Waals surface area contributed by atoms with Crippen molar-refractivity contribution in [3.8, 4) is 11.8 Å². The van der Waals surface area contributed by atoms with Gasteiger partial charge in [0.05, 0.1) is 17.3 Å². The van der Waals surface area contributed by atoms with Crippen LogP contribution < -0.4 is 9.64 Å². The van der Waals surface area contributed by atoms with Crippen molar-refractivity contribution in [2.24, 2.45) is 5.41 Å². The molecule has 0 aliphatic carbocycles. The Morgan fingerprint density at radius 2 is 1.67 bits per heavy atom. The van der Waals surface area contributed by atoms with Crippen LogP contribution >= 0.6 is 11.6 Å². The zero-order valence-electron chi connectivity index (χ0n) is 28.8. The third kappa shape index (κ3) is 7.71. The molecule has 254 valence electrons. The molecule has 48 heavy (non-hydrogen) atoms. The zero-order valence-corrected chi connectivity index (χ0v) is 29.6. The number of benzene rings is 2. The Bertz CT molecular complexity index is 1640. The summed E-state index contributed by atoms with van der Waals surface area (Å²) in [4.78, 5) is 28.7. The van der Waals surface area contributed by atoms with Crippen LogP contribution in [0.25, 0.3) is 0 Å². The van der Waals surface area contributed by atoms with Crippen molar-refractivity contribution in [1.29, 1.82) is 5.26 Å². The van der Waals surface area contributed by atoms with E-state index in [-0.39, 0.29) is 11.5 Å². The van der Waals surface area contributed by atoms with E-state index in [1.165, 1.54) is 0 Å². The molecule has 0 saturated carbocycles. The molecule has 0 atom stereocenters. The van der Waals surface area contributed by atoms with Gasteiger partial charge in [-0.25, -0.2) is 14.8 Å². The van der Waals surface area contributed by atoms with E-state index in [1.807, 2.05) is 62.2 Å². The molecular formula is C38H47ClN6O3. The monoisotopic (exact) mass is 670 g/mol. The molecular weight excluding hydrogens is 624 g/mol. The third-order valence-corrected chi connectivity index (χ3v) is 10.4. The number of rotatable bonds is 7. The number of anilines is 1. The van der Waals surface area contributed by atoms with Crippen molar-refractivity contribution >= 4 is 23.6 Å². The fraction of sp³-hybridized carbons (Fsp3) is 0.526. The Morgan fingerprint density at radius 1 is 0.979 bits per heavy atom. The lowest BCUT2D eigenvalue weighted by Gasteiger charge is -2.57. The molecule has 3 aliphatic rings. The van der Waals surface area contributed by atoms with Crippen molar-refractivity contribution < 1.29 is 14.3 Å². The van der Waals surface area contributed by atoms with E-state index in [1.54, 1.807) is 6.07 Å². The first-order valence-corrected chi connectivity index (χ1v) is 17.4. The number of carbonyl (C=O) groups excluding carboxylic acids is 1. The number of halogens is 1. The van der Waals surface area contributed by atoms with Gasteiger partial charge in [-0.05, 0) is 99.4 Å². The minimum atomic E-state index is -0.455. The molecule has 0 radical (unpaired) electrons. The van der Waals surface area contributed by atoms with Gasteiger partial charge in [0.25, 0.3) is 0 Å². The highest BCUT2D eigenvalue weighted by Gasteiger charge is 2.47. The molecule has 4 heterocycles. The van der Waals surface area contributed by atoms with Gasteiger partial charge in [0.15, 0.2) is 0 Å². The van der Waals surface area contributed by atoms with Crippen LogP contribution in [0.3, 0.4) is 0 Å². The van der Waals surface area contributed by atoms with Crippen LogP contribution in [0.2, 0.25) is 5.02 Å². The topological polar surface area (TPSA) is 94.8 Å². The number of hydrogen-bond acceptors (Lipinski definition) is 8. The van der Waals surface area contributed by atoms with Crippen molar-refractivity contribution in [3.63, 3.8) is 0 Å². The maximum Gasteiger partial charge on any atom is 0.410 e. The van der Waals surface area contributed by atoms with Crippen LogP contribution in [0, 0.1) is 16.7 Å². The Morgan fingerprint density at radius 3 is 2.31 bits per heavy atom. The van der Waals surface area contributed by atoms with E-state index in [4.69, 9.17) is 26.1 Å². The summed E-state index contributed by atoms with van der Waals surface area (Å²) in [6, 6.07) is 18.2. The molecule has 1 spiro atoms. The summed E-state index contributed by atoms with van der Waals surface area (Å²) in [5.41, 5.74) is 3.09. The highest BCUT2D eigenvalue weighted by molar-refractivity contribution is 6.30. The van der Waals surface area contributed by atoms with Crippen LogP contribution in [-0.4, -0.2) is 76.8 Å². The van der Waals surface area contributed by atoms with Gasteiger partial charge in [0, 0.05) is 61.9 Å². The van der Waals surface area contributed by atoms with Gasteiger partial charge < -0.3 is 19.3 Å². The summed E-state index contributed by atoms with van der Waals surface area (Å²) in [5.74, 6) is 1.54. The Balaban J connectivity index is 0.967.